The van der Waals surface area contributed by atoms with Crippen LogP contribution in [0.1, 0.15) is 5.56 Å². The number of nitrogens with zero attached hydrogens (tertiary/aromatic N) is 1. The lowest BCUT2D eigenvalue weighted by atomic mass is 10.0. The number of benzene rings is 1. The fourth-order valence-electron chi connectivity index (χ4n) is 2.97. The number of likely N-dealkylation sites (tertiary alicyclic amines) is 1. The number of hydrogen-bond acceptors (Lipinski definition) is 2. The normalized spacial score (nSPS) is 27.0. The molecule has 2 heterocycles. The van der Waals surface area contributed by atoms with Gasteiger partial charge in [0.2, 0.25) is 0 Å². The highest BCUT2D eigenvalue weighted by Gasteiger charge is 2.35. The van der Waals surface area contributed by atoms with Gasteiger partial charge in [0.1, 0.15) is 0 Å². The Morgan fingerprint density at radius 1 is 1.28 bits per heavy atom. The average Bonchev–Trinajstić information content (AvgIpc) is 2.82. The summed E-state index contributed by atoms with van der Waals surface area (Å²) in [6.07, 6.45) is 0. The predicted molar refractivity (Wildman–Crippen MR) is 81.5 cm³/mol. The lowest BCUT2D eigenvalue weighted by Gasteiger charge is -2.17. The maximum Gasteiger partial charge on any atom is 0.0462 e. The second-order valence-corrected chi connectivity index (χ2v) is 6.43. The van der Waals surface area contributed by atoms with Gasteiger partial charge in [-0.1, -0.05) is 33.6 Å². The van der Waals surface area contributed by atoms with Crippen LogP contribution in [0.5, 0.6) is 0 Å². The maximum absolute atomic E-state index is 6.26. The summed E-state index contributed by atoms with van der Waals surface area (Å²) in [6.45, 7) is 5.79. The molecule has 0 aliphatic carbocycles. The van der Waals surface area contributed by atoms with Crippen LogP contribution in [0.2, 0.25) is 5.02 Å². The van der Waals surface area contributed by atoms with Crippen LogP contribution in [0.25, 0.3) is 0 Å². The SMILES string of the molecule is Cl.Clc1cc(Br)ccc1CN1C[C@H]2CNC[C@H]2C1. The first kappa shape index (κ1) is 14.6. The van der Waals surface area contributed by atoms with E-state index in [0.29, 0.717) is 0 Å². The van der Waals surface area contributed by atoms with Crippen molar-refractivity contribution in [2.75, 3.05) is 26.2 Å². The van der Waals surface area contributed by atoms with Crippen LogP contribution >= 0.6 is 39.9 Å². The molecule has 0 radical (unpaired) electrons. The van der Waals surface area contributed by atoms with Gasteiger partial charge >= 0.3 is 0 Å². The Labute approximate surface area is 128 Å². The fourth-order valence-corrected chi connectivity index (χ4v) is 3.71. The van der Waals surface area contributed by atoms with E-state index in [1.165, 1.54) is 31.7 Å². The van der Waals surface area contributed by atoms with Crippen LogP contribution in [0.4, 0.5) is 0 Å². The van der Waals surface area contributed by atoms with E-state index in [0.717, 1.165) is 27.9 Å². The second-order valence-electron chi connectivity index (χ2n) is 5.11. The summed E-state index contributed by atoms with van der Waals surface area (Å²) < 4.78 is 1.05. The van der Waals surface area contributed by atoms with Crippen molar-refractivity contribution in [3.63, 3.8) is 0 Å². The van der Waals surface area contributed by atoms with Gasteiger partial charge in [-0.2, -0.15) is 0 Å². The van der Waals surface area contributed by atoms with Gasteiger partial charge < -0.3 is 5.32 Å². The highest BCUT2D eigenvalue weighted by Crippen LogP contribution is 2.29. The zero-order valence-corrected chi connectivity index (χ0v) is 13.2. The summed E-state index contributed by atoms with van der Waals surface area (Å²) in [5.41, 5.74) is 1.24. The fraction of sp³-hybridized carbons (Fsp3) is 0.538. The number of halogens is 3. The third-order valence-corrected chi connectivity index (χ3v) is 4.72. The summed E-state index contributed by atoms with van der Waals surface area (Å²) in [4.78, 5) is 2.53. The molecule has 1 N–H and O–H groups in total. The molecule has 0 spiro atoms. The van der Waals surface area contributed by atoms with Crippen molar-refractivity contribution in [1.29, 1.82) is 0 Å². The van der Waals surface area contributed by atoms with Gasteiger partial charge in [-0.05, 0) is 42.6 Å². The van der Waals surface area contributed by atoms with E-state index in [4.69, 9.17) is 11.6 Å². The molecule has 2 saturated heterocycles. The van der Waals surface area contributed by atoms with Crippen LogP contribution in [-0.2, 0) is 6.54 Å². The van der Waals surface area contributed by atoms with Crippen LogP contribution in [0.15, 0.2) is 22.7 Å². The zero-order chi connectivity index (χ0) is 11.8. The molecule has 100 valence electrons. The molecule has 2 atom stereocenters. The molecule has 0 bridgehead atoms. The van der Waals surface area contributed by atoms with Crippen LogP contribution in [0.3, 0.4) is 0 Å². The number of fused-ring (bicyclic) bond motifs is 1. The molecule has 1 aromatic rings. The van der Waals surface area contributed by atoms with Crippen molar-refractivity contribution < 1.29 is 0 Å². The molecule has 2 aliphatic heterocycles. The molecule has 0 saturated carbocycles. The van der Waals surface area contributed by atoms with Gasteiger partial charge in [-0.25, -0.2) is 0 Å². The summed E-state index contributed by atoms with van der Waals surface area (Å²) in [5, 5.41) is 4.34. The van der Waals surface area contributed by atoms with Gasteiger partial charge in [0.25, 0.3) is 0 Å². The molecule has 1 aromatic carbocycles. The maximum atomic E-state index is 6.26. The van der Waals surface area contributed by atoms with Gasteiger partial charge in [0.15, 0.2) is 0 Å². The minimum atomic E-state index is 0. The van der Waals surface area contributed by atoms with Gasteiger partial charge in [-0.15, -0.1) is 12.4 Å². The first-order chi connectivity index (χ1) is 8.22. The van der Waals surface area contributed by atoms with Crippen molar-refractivity contribution in [2.24, 2.45) is 11.8 Å². The molecule has 0 unspecified atom stereocenters. The van der Waals surface area contributed by atoms with Crippen LogP contribution in [0, 0.1) is 11.8 Å². The lowest BCUT2D eigenvalue weighted by molar-refractivity contribution is 0.305. The smallest absolute Gasteiger partial charge is 0.0462 e. The van der Waals surface area contributed by atoms with Crippen LogP contribution < -0.4 is 5.32 Å². The summed E-state index contributed by atoms with van der Waals surface area (Å²) in [7, 11) is 0. The van der Waals surface area contributed by atoms with Crippen molar-refractivity contribution in [3.05, 3.63) is 33.3 Å². The molecule has 2 fully saturated rings. The van der Waals surface area contributed by atoms with Crippen molar-refractivity contribution in [3.8, 4) is 0 Å². The van der Waals surface area contributed by atoms with E-state index in [9.17, 15) is 0 Å². The lowest BCUT2D eigenvalue weighted by Crippen LogP contribution is -2.25. The van der Waals surface area contributed by atoms with E-state index in [1.807, 2.05) is 6.07 Å². The Morgan fingerprint density at radius 3 is 2.56 bits per heavy atom. The molecule has 3 rings (SSSR count). The van der Waals surface area contributed by atoms with E-state index >= 15 is 0 Å². The third-order valence-electron chi connectivity index (χ3n) is 3.87. The first-order valence-electron chi connectivity index (χ1n) is 6.09. The Morgan fingerprint density at radius 2 is 1.94 bits per heavy atom. The van der Waals surface area contributed by atoms with E-state index < -0.39 is 0 Å². The monoisotopic (exact) mass is 350 g/mol. The quantitative estimate of drug-likeness (QED) is 0.880. The largest absolute Gasteiger partial charge is 0.316 e. The topological polar surface area (TPSA) is 15.3 Å². The summed E-state index contributed by atoms with van der Waals surface area (Å²) >= 11 is 9.70. The Bertz CT molecular complexity index is 415. The number of nitrogens with one attached hydrogen (secondary N) is 1. The van der Waals surface area contributed by atoms with Crippen molar-refractivity contribution in [2.45, 2.75) is 6.54 Å². The molecule has 5 heteroatoms. The molecule has 2 aliphatic rings. The van der Waals surface area contributed by atoms with Crippen molar-refractivity contribution >= 4 is 39.9 Å². The molecular weight excluding hydrogens is 335 g/mol. The Hall–Kier alpha value is 0.200. The third kappa shape index (κ3) is 3.02. The Kier molecular flexibility index (Phi) is 4.95. The van der Waals surface area contributed by atoms with E-state index in [1.54, 1.807) is 0 Å². The van der Waals surface area contributed by atoms with E-state index in [-0.39, 0.29) is 12.4 Å². The average molecular weight is 352 g/mol. The minimum Gasteiger partial charge on any atom is -0.316 e. The summed E-state index contributed by atoms with van der Waals surface area (Å²) in [6, 6.07) is 6.17. The molecule has 2 nitrogen and oxygen atoms in total. The van der Waals surface area contributed by atoms with E-state index in [2.05, 4.69) is 38.3 Å². The Balaban J connectivity index is 0.00000120. The predicted octanol–water partition coefficient (Wildman–Crippen LogP) is 3.18. The highest BCUT2D eigenvalue weighted by molar-refractivity contribution is 9.10. The summed E-state index contributed by atoms with van der Waals surface area (Å²) in [5.74, 6) is 1.70. The van der Waals surface area contributed by atoms with Crippen LogP contribution in [-0.4, -0.2) is 31.1 Å². The molecular formula is C13H17BrCl2N2. The van der Waals surface area contributed by atoms with Gasteiger partial charge in [-0.3, -0.25) is 4.90 Å². The number of rotatable bonds is 2. The van der Waals surface area contributed by atoms with Gasteiger partial charge in [0, 0.05) is 29.1 Å². The molecule has 0 amide bonds. The first-order valence-corrected chi connectivity index (χ1v) is 7.26. The highest BCUT2D eigenvalue weighted by atomic mass is 79.9. The second kappa shape index (κ2) is 6.10. The minimum absolute atomic E-state index is 0. The molecule has 0 aromatic heterocycles. The zero-order valence-electron chi connectivity index (χ0n) is 10.0. The van der Waals surface area contributed by atoms with Gasteiger partial charge in [0.05, 0.1) is 0 Å². The number of hydrogen-bond donors (Lipinski definition) is 1. The standard InChI is InChI=1S/C13H16BrClN2.ClH/c14-12-2-1-9(13(15)3-12)6-17-7-10-4-16-5-11(10)8-17;/h1-3,10-11,16H,4-8H2;1H/t10-,11+;. The molecule has 18 heavy (non-hydrogen) atoms. The van der Waals surface area contributed by atoms with Crippen molar-refractivity contribution in [1.82, 2.24) is 10.2 Å².